The first kappa shape index (κ1) is 23.8. The molecule has 1 aromatic heterocycles. The van der Waals surface area contributed by atoms with Crippen LogP contribution >= 0.6 is 24.0 Å². The summed E-state index contributed by atoms with van der Waals surface area (Å²) in [4.78, 5) is 17.5. The van der Waals surface area contributed by atoms with Crippen molar-refractivity contribution in [3.8, 4) is 0 Å². The number of rotatable bonds is 8. The Kier molecular flexibility index (Phi) is 10.8. The normalized spacial score (nSPS) is 15.4. The monoisotopic (exact) mass is 512 g/mol. The molecule has 1 aromatic rings. The second-order valence-corrected chi connectivity index (χ2v) is 8.26. The number of sulfone groups is 1. The van der Waals surface area contributed by atoms with Crippen LogP contribution < -0.4 is 10.2 Å². The number of aromatic nitrogens is 2. The van der Waals surface area contributed by atoms with E-state index in [1.54, 1.807) is 12.4 Å². The van der Waals surface area contributed by atoms with Crippen LogP contribution in [0.5, 0.6) is 0 Å². The van der Waals surface area contributed by atoms with Gasteiger partial charge in [0.15, 0.2) is 5.96 Å². The molecule has 0 amide bonds. The third kappa shape index (κ3) is 9.02. The number of ether oxygens (including phenoxy) is 1. The number of anilines is 1. The fourth-order valence-corrected chi connectivity index (χ4v) is 2.95. The fourth-order valence-electron chi connectivity index (χ4n) is 2.53. The van der Waals surface area contributed by atoms with E-state index in [1.165, 1.54) is 6.26 Å². The van der Waals surface area contributed by atoms with Crippen LogP contribution in [0.2, 0.25) is 0 Å². The maximum Gasteiger partial charge on any atom is 0.225 e. The van der Waals surface area contributed by atoms with Crippen molar-refractivity contribution in [1.82, 2.24) is 20.2 Å². The molecule has 0 saturated carbocycles. The highest BCUT2D eigenvalue weighted by molar-refractivity contribution is 14.0. The van der Waals surface area contributed by atoms with Crippen LogP contribution in [0.1, 0.15) is 6.92 Å². The Morgan fingerprint density at radius 1 is 1.22 bits per heavy atom. The highest BCUT2D eigenvalue weighted by Gasteiger charge is 2.20. The van der Waals surface area contributed by atoms with Crippen molar-refractivity contribution in [2.24, 2.45) is 4.99 Å². The molecule has 9 nitrogen and oxygen atoms in total. The van der Waals surface area contributed by atoms with Crippen LogP contribution in [0.15, 0.2) is 23.5 Å². The largest absolute Gasteiger partial charge is 0.378 e. The maximum absolute atomic E-state index is 11.1. The van der Waals surface area contributed by atoms with Crippen molar-refractivity contribution in [2.75, 3.05) is 69.4 Å². The molecule has 0 spiro atoms. The number of nitrogens with one attached hydrogen (secondary N) is 1. The maximum atomic E-state index is 11.1. The number of hydrogen-bond acceptors (Lipinski definition) is 7. The van der Waals surface area contributed by atoms with Gasteiger partial charge in [0.25, 0.3) is 0 Å². The third-order valence-electron chi connectivity index (χ3n) is 3.84. The molecule has 154 valence electrons. The molecule has 1 aliphatic rings. The molecule has 1 saturated heterocycles. The summed E-state index contributed by atoms with van der Waals surface area (Å²) in [5.74, 6) is 1.65. The van der Waals surface area contributed by atoms with Gasteiger partial charge in [0.1, 0.15) is 9.84 Å². The van der Waals surface area contributed by atoms with Crippen molar-refractivity contribution >= 4 is 45.7 Å². The van der Waals surface area contributed by atoms with Crippen molar-refractivity contribution in [3.05, 3.63) is 18.5 Å². The van der Waals surface area contributed by atoms with E-state index >= 15 is 0 Å². The smallest absolute Gasteiger partial charge is 0.225 e. The molecular weight excluding hydrogens is 483 g/mol. The van der Waals surface area contributed by atoms with Gasteiger partial charge in [0.2, 0.25) is 5.95 Å². The average Bonchev–Trinajstić information content (AvgIpc) is 2.64. The van der Waals surface area contributed by atoms with E-state index in [0.29, 0.717) is 13.2 Å². The summed E-state index contributed by atoms with van der Waals surface area (Å²) in [5, 5.41) is 3.30. The van der Waals surface area contributed by atoms with Crippen molar-refractivity contribution in [3.63, 3.8) is 0 Å². The molecule has 0 atom stereocenters. The van der Waals surface area contributed by atoms with Gasteiger partial charge in [0, 0.05) is 51.4 Å². The molecule has 27 heavy (non-hydrogen) atoms. The summed E-state index contributed by atoms with van der Waals surface area (Å²) in [6.45, 7) is 7.26. The van der Waals surface area contributed by atoms with Gasteiger partial charge in [-0.05, 0) is 13.0 Å². The highest BCUT2D eigenvalue weighted by atomic mass is 127. The Balaban J connectivity index is 0.00000364. The highest BCUT2D eigenvalue weighted by Crippen LogP contribution is 2.09. The van der Waals surface area contributed by atoms with Crippen molar-refractivity contribution in [1.29, 1.82) is 0 Å². The van der Waals surface area contributed by atoms with Crippen LogP contribution in [-0.2, 0) is 14.6 Å². The molecule has 1 fully saturated rings. The Hall–Kier alpha value is -1.21. The predicted molar refractivity (Wildman–Crippen MR) is 118 cm³/mol. The standard InChI is InChI=1S/C16H28N6O3S.HI/c1-3-17-15(20-7-12-25-13-14-26(2,23)24)21-8-10-22(11-9-21)16-18-5-4-6-19-16;/h4-6H,3,7-14H2,1-2H3,(H,17,20);1H. The van der Waals surface area contributed by atoms with Gasteiger partial charge in [-0.25, -0.2) is 18.4 Å². The summed E-state index contributed by atoms with van der Waals surface area (Å²) < 4.78 is 27.5. The summed E-state index contributed by atoms with van der Waals surface area (Å²) in [7, 11) is -2.98. The van der Waals surface area contributed by atoms with Crippen LogP contribution in [0.4, 0.5) is 5.95 Å². The van der Waals surface area contributed by atoms with Gasteiger partial charge in [0.05, 0.1) is 25.5 Å². The lowest BCUT2D eigenvalue weighted by molar-refractivity contribution is 0.157. The van der Waals surface area contributed by atoms with Gasteiger partial charge in [-0.3, -0.25) is 4.99 Å². The lowest BCUT2D eigenvalue weighted by Gasteiger charge is -2.36. The van der Waals surface area contributed by atoms with E-state index in [4.69, 9.17) is 4.74 Å². The summed E-state index contributed by atoms with van der Waals surface area (Å²) >= 11 is 0. The van der Waals surface area contributed by atoms with Gasteiger partial charge >= 0.3 is 0 Å². The van der Waals surface area contributed by atoms with Gasteiger partial charge in [-0.15, -0.1) is 24.0 Å². The molecule has 2 heterocycles. The predicted octanol–water partition coefficient (Wildman–Crippen LogP) is 0.243. The van der Waals surface area contributed by atoms with E-state index in [1.807, 2.05) is 13.0 Å². The molecule has 0 aliphatic carbocycles. The molecule has 0 radical (unpaired) electrons. The van der Waals surface area contributed by atoms with Crippen LogP contribution in [0, 0.1) is 0 Å². The second kappa shape index (κ2) is 12.3. The minimum absolute atomic E-state index is 0. The lowest BCUT2D eigenvalue weighted by Crippen LogP contribution is -2.53. The molecule has 1 aliphatic heterocycles. The molecular formula is C16H29IN6O3S. The zero-order chi connectivity index (χ0) is 18.8. The third-order valence-corrected chi connectivity index (χ3v) is 4.75. The molecule has 0 bridgehead atoms. The molecule has 11 heteroatoms. The summed E-state index contributed by atoms with van der Waals surface area (Å²) in [6.07, 6.45) is 4.71. The van der Waals surface area contributed by atoms with Gasteiger partial charge in [-0.2, -0.15) is 0 Å². The van der Waals surface area contributed by atoms with Gasteiger partial charge < -0.3 is 19.9 Å². The Labute approximate surface area is 178 Å². The fraction of sp³-hybridized carbons (Fsp3) is 0.688. The number of hydrogen-bond donors (Lipinski definition) is 1. The summed E-state index contributed by atoms with van der Waals surface area (Å²) in [5.41, 5.74) is 0. The van der Waals surface area contributed by atoms with E-state index in [2.05, 4.69) is 30.1 Å². The Morgan fingerprint density at radius 2 is 1.89 bits per heavy atom. The van der Waals surface area contributed by atoms with Gasteiger partial charge in [-0.1, -0.05) is 0 Å². The van der Waals surface area contributed by atoms with Crippen molar-refractivity contribution in [2.45, 2.75) is 6.92 Å². The number of nitrogens with zero attached hydrogens (tertiary/aromatic N) is 5. The summed E-state index contributed by atoms with van der Waals surface area (Å²) in [6, 6.07) is 1.81. The van der Waals surface area contributed by atoms with E-state index < -0.39 is 9.84 Å². The second-order valence-electron chi connectivity index (χ2n) is 6.00. The molecule has 0 aromatic carbocycles. The molecule has 2 rings (SSSR count). The number of halogens is 1. The minimum atomic E-state index is -2.98. The first-order chi connectivity index (χ1) is 12.5. The first-order valence-electron chi connectivity index (χ1n) is 8.80. The minimum Gasteiger partial charge on any atom is -0.378 e. The molecule has 1 N–H and O–H groups in total. The van der Waals surface area contributed by atoms with Crippen LogP contribution in [-0.4, -0.2) is 93.7 Å². The Morgan fingerprint density at radius 3 is 2.48 bits per heavy atom. The number of guanidine groups is 1. The Bertz CT molecular complexity index is 666. The lowest BCUT2D eigenvalue weighted by atomic mass is 10.3. The SMILES string of the molecule is CCNC(=NCCOCCS(C)(=O)=O)N1CCN(c2ncccn2)CC1.I. The molecule has 0 unspecified atom stereocenters. The topological polar surface area (TPSA) is 100 Å². The quantitative estimate of drug-likeness (QED) is 0.229. The first-order valence-corrected chi connectivity index (χ1v) is 10.9. The van der Waals surface area contributed by atoms with Crippen LogP contribution in [0.3, 0.4) is 0 Å². The van der Waals surface area contributed by atoms with E-state index in [9.17, 15) is 8.42 Å². The van der Waals surface area contributed by atoms with E-state index in [0.717, 1.165) is 44.6 Å². The number of piperazine rings is 1. The zero-order valence-electron chi connectivity index (χ0n) is 15.9. The van der Waals surface area contributed by atoms with Crippen LogP contribution in [0.25, 0.3) is 0 Å². The zero-order valence-corrected chi connectivity index (χ0v) is 19.0. The van der Waals surface area contributed by atoms with E-state index in [-0.39, 0.29) is 36.3 Å². The average molecular weight is 512 g/mol. The number of aliphatic imine (C=N–C) groups is 1. The van der Waals surface area contributed by atoms with Crippen molar-refractivity contribution < 1.29 is 13.2 Å².